The summed E-state index contributed by atoms with van der Waals surface area (Å²) in [4.78, 5) is 37.4. The van der Waals surface area contributed by atoms with Gasteiger partial charge in [-0.1, -0.05) is 6.07 Å². The Balaban J connectivity index is 2.19. The van der Waals surface area contributed by atoms with Gasteiger partial charge in [-0.15, -0.1) is 0 Å². The van der Waals surface area contributed by atoms with Gasteiger partial charge in [0.15, 0.2) is 9.84 Å². The summed E-state index contributed by atoms with van der Waals surface area (Å²) in [5, 5.41) is 10.6. The average molecular weight is 382 g/mol. The van der Waals surface area contributed by atoms with Gasteiger partial charge in [-0.05, 0) is 44.4 Å². The highest BCUT2D eigenvalue weighted by atomic mass is 32.2. The highest BCUT2D eigenvalue weighted by molar-refractivity contribution is 7.92. The third-order valence-corrected chi connectivity index (χ3v) is 5.94. The van der Waals surface area contributed by atoms with Crippen LogP contribution in [-0.4, -0.2) is 60.3 Å². The minimum absolute atomic E-state index is 0.239. The quantitative estimate of drug-likeness (QED) is 0.788. The normalized spacial score (nSPS) is 18.8. The summed E-state index contributed by atoms with van der Waals surface area (Å²) < 4.78 is 22.9. The van der Waals surface area contributed by atoms with Crippen molar-refractivity contribution in [2.24, 2.45) is 0 Å². The largest absolute Gasteiger partial charge is 0.480 e. The Morgan fingerprint density at radius 1 is 1.27 bits per heavy atom. The van der Waals surface area contributed by atoms with Crippen LogP contribution in [-0.2, 0) is 19.4 Å². The number of carboxylic acid groups (broad SMARTS) is 1. The molecule has 1 aliphatic rings. The number of aliphatic carboxylic acids is 1. The van der Waals surface area contributed by atoms with Crippen molar-refractivity contribution in [1.29, 1.82) is 0 Å². The van der Waals surface area contributed by atoms with Gasteiger partial charge in [0, 0.05) is 24.1 Å². The number of hydrogen-bond donors (Lipinski definition) is 2. The van der Waals surface area contributed by atoms with Gasteiger partial charge >= 0.3 is 5.97 Å². The topological polar surface area (TPSA) is 121 Å². The van der Waals surface area contributed by atoms with Crippen molar-refractivity contribution in [3.63, 3.8) is 0 Å². The van der Waals surface area contributed by atoms with Crippen molar-refractivity contribution in [1.82, 2.24) is 4.90 Å². The molecule has 0 aliphatic carbocycles. The van der Waals surface area contributed by atoms with E-state index >= 15 is 0 Å². The lowest BCUT2D eigenvalue weighted by molar-refractivity contribution is -0.143. The molecular weight excluding hydrogens is 360 g/mol. The fourth-order valence-electron chi connectivity index (χ4n) is 2.77. The predicted octanol–water partition coefficient (Wildman–Crippen LogP) is 1.14. The highest BCUT2D eigenvalue weighted by Crippen LogP contribution is 2.21. The molecule has 2 atom stereocenters. The van der Waals surface area contributed by atoms with Crippen molar-refractivity contribution in [3.8, 4) is 0 Å². The van der Waals surface area contributed by atoms with E-state index in [1.54, 1.807) is 6.07 Å². The summed E-state index contributed by atoms with van der Waals surface area (Å²) >= 11 is 0. The third-order valence-electron chi connectivity index (χ3n) is 4.44. The molecule has 1 heterocycles. The molecule has 0 aromatic heterocycles. The van der Waals surface area contributed by atoms with Gasteiger partial charge in [-0.25, -0.2) is 13.2 Å². The summed E-state index contributed by atoms with van der Waals surface area (Å²) in [7, 11) is -3.54. The summed E-state index contributed by atoms with van der Waals surface area (Å²) in [6.45, 7) is 1.64. The number of nitrogens with one attached hydrogen (secondary N) is 1. The molecule has 1 aliphatic heterocycles. The molecule has 1 aromatic carbocycles. The van der Waals surface area contributed by atoms with E-state index in [9.17, 15) is 27.9 Å². The van der Waals surface area contributed by atoms with E-state index in [0.29, 0.717) is 13.0 Å². The summed E-state index contributed by atoms with van der Waals surface area (Å²) in [5.74, 6) is -2.16. The first-order valence-corrected chi connectivity index (χ1v) is 10.2. The maximum absolute atomic E-state index is 12.7. The molecule has 0 spiro atoms. The summed E-state index contributed by atoms with van der Waals surface area (Å²) in [5.41, 5.74) is 0.517. The van der Waals surface area contributed by atoms with Crippen LogP contribution in [0.3, 0.4) is 0 Å². The maximum Gasteiger partial charge on any atom is 0.326 e. The number of carboxylic acids is 1. The van der Waals surface area contributed by atoms with Gasteiger partial charge in [0.05, 0.1) is 0 Å². The fraction of sp³-hybridized carbons (Fsp3) is 0.471. The molecule has 2 N–H and O–H groups in total. The zero-order valence-corrected chi connectivity index (χ0v) is 15.5. The number of carbonyl (C=O) groups is 3. The standard InChI is InChI=1S/C17H22N2O6S/c1-11(26(2,24)25)15(20)18-13-7-5-6-12(10-13)16(21)19-9-4-3-8-14(19)17(22)23/h5-7,10-11,14H,3-4,8-9H2,1-2H3,(H,18,20)(H,22,23). The Labute approximate surface area is 152 Å². The minimum Gasteiger partial charge on any atom is -0.480 e. The van der Waals surface area contributed by atoms with E-state index in [4.69, 9.17) is 0 Å². The molecule has 0 saturated carbocycles. The number of piperidine rings is 1. The predicted molar refractivity (Wildman–Crippen MR) is 95.7 cm³/mol. The Morgan fingerprint density at radius 3 is 2.58 bits per heavy atom. The molecule has 2 rings (SSSR count). The van der Waals surface area contributed by atoms with Gasteiger partial charge in [0.25, 0.3) is 5.91 Å². The Hall–Kier alpha value is -2.42. The van der Waals surface area contributed by atoms with Crippen molar-refractivity contribution >= 4 is 33.3 Å². The van der Waals surface area contributed by atoms with Crippen LogP contribution >= 0.6 is 0 Å². The third kappa shape index (κ3) is 4.60. The Morgan fingerprint density at radius 2 is 1.96 bits per heavy atom. The lowest BCUT2D eigenvalue weighted by atomic mass is 10.0. The lowest BCUT2D eigenvalue weighted by Gasteiger charge is -2.33. The molecule has 2 unspecified atom stereocenters. The summed E-state index contributed by atoms with van der Waals surface area (Å²) in [6, 6.07) is 5.18. The SMILES string of the molecule is CC(C(=O)Nc1cccc(C(=O)N2CCCCC2C(=O)O)c1)S(C)(=O)=O. The van der Waals surface area contributed by atoms with Gasteiger partial charge < -0.3 is 15.3 Å². The number of benzene rings is 1. The maximum atomic E-state index is 12.7. The zero-order chi connectivity index (χ0) is 19.5. The van der Waals surface area contributed by atoms with Crippen molar-refractivity contribution in [3.05, 3.63) is 29.8 Å². The number of nitrogens with zero attached hydrogens (tertiary/aromatic N) is 1. The van der Waals surface area contributed by atoms with Crippen molar-refractivity contribution in [2.75, 3.05) is 18.1 Å². The van der Waals surface area contributed by atoms with E-state index in [2.05, 4.69) is 5.32 Å². The van der Waals surface area contributed by atoms with E-state index in [1.807, 2.05) is 0 Å². The van der Waals surface area contributed by atoms with Crippen LogP contribution < -0.4 is 5.32 Å². The second-order valence-electron chi connectivity index (χ2n) is 6.39. The number of rotatable bonds is 5. The van der Waals surface area contributed by atoms with Crippen LogP contribution in [0.4, 0.5) is 5.69 Å². The average Bonchev–Trinajstić information content (AvgIpc) is 2.59. The first-order chi connectivity index (χ1) is 12.1. The van der Waals surface area contributed by atoms with Crippen LogP contribution in [0.25, 0.3) is 0 Å². The first kappa shape index (κ1) is 19.9. The Kier molecular flexibility index (Phi) is 6.01. The van der Waals surface area contributed by atoms with E-state index in [1.165, 1.54) is 30.0 Å². The summed E-state index contributed by atoms with van der Waals surface area (Å²) in [6.07, 6.45) is 2.86. The number of amides is 2. The number of hydrogen-bond acceptors (Lipinski definition) is 5. The molecule has 1 fully saturated rings. The van der Waals surface area contributed by atoms with E-state index in [0.717, 1.165) is 19.1 Å². The molecular formula is C17H22N2O6S. The number of carbonyl (C=O) groups excluding carboxylic acids is 2. The van der Waals surface area contributed by atoms with Crippen molar-refractivity contribution in [2.45, 2.75) is 37.5 Å². The number of anilines is 1. The highest BCUT2D eigenvalue weighted by Gasteiger charge is 2.32. The molecule has 1 aromatic rings. The van der Waals surface area contributed by atoms with Gasteiger partial charge in [0.1, 0.15) is 11.3 Å². The van der Waals surface area contributed by atoms with Gasteiger partial charge in [-0.3, -0.25) is 9.59 Å². The molecule has 9 heteroatoms. The number of likely N-dealkylation sites (tertiary alicyclic amines) is 1. The number of sulfone groups is 1. The Bertz CT molecular complexity index is 820. The van der Waals surface area contributed by atoms with Crippen LogP contribution in [0, 0.1) is 0 Å². The van der Waals surface area contributed by atoms with Crippen LogP contribution in [0.5, 0.6) is 0 Å². The second kappa shape index (κ2) is 7.86. The van der Waals surface area contributed by atoms with E-state index in [-0.39, 0.29) is 11.3 Å². The molecule has 142 valence electrons. The zero-order valence-electron chi connectivity index (χ0n) is 14.6. The van der Waals surface area contributed by atoms with E-state index < -0.39 is 38.9 Å². The molecule has 0 bridgehead atoms. The lowest BCUT2D eigenvalue weighted by Crippen LogP contribution is -2.48. The van der Waals surface area contributed by atoms with Gasteiger partial charge in [-0.2, -0.15) is 0 Å². The molecule has 2 amide bonds. The smallest absolute Gasteiger partial charge is 0.326 e. The minimum atomic E-state index is -3.54. The van der Waals surface area contributed by atoms with Crippen LogP contribution in [0.2, 0.25) is 0 Å². The van der Waals surface area contributed by atoms with Gasteiger partial charge in [0.2, 0.25) is 5.91 Å². The molecule has 0 radical (unpaired) electrons. The fourth-order valence-corrected chi connectivity index (χ4v) is 3.21. The van der Waals surface area contributed by atoms with Crippen molar-refractivity contribution < 1.29 is 27.9 Å². The van der Waals surface area contributed by atoms with Crippen LogP contribution in [0.1, 0.15) is 36.5 Å². The van der Waals surface area contributed by atoms with Crippen LogP contribution in [0.15, 0.2) is 24.3 Å². The molecule has 26 heavy (non-hydrogen) atoms. The second-order valence-corrected chi connectivity index (χ2v) is 8.76. The molecule has 1 saturated heterocycles. The first-order valence-electron chi connectivity index (χ1n) is 8.25. The molecule has 8 nitrogen and oxygen atoms in total. The monoisotopic (exact) mass is 382 g/mol.